The largest absolute Gasteiger partial charge is 0.481 e. The molecule has 1 saturated carbocycles. The van der Waals surface area contributed by atoms with Crippen molar-refractivity contribution in [3.63, 3.8) is 0 Å². The molecule has 2 N–H and O–H groups in total. The predicted molar refractivity (Wildman–Crippen MR) is 140 cm³/mol. The standard InChI is InChI=1S/C28H32N4O5/c1-19(21-7-3-2-4-8-21)36-28(35)30-23-18-29-37-27(23)32-16-15-31(24-9-5-6-10-25(24)32)22-13-11-20(12-14-22)17-26(33)34/h2-4,7-8,11-14,18-19,24-25H,5-6,9-10,15-17H2,1H3,(H,30,35)(H,33,34)/t19?,24-,25-/m0/s1. The van der Waals surface area contributed by atoms with E-state index in [0.717, 1.165) is 49.0 Å². The predicted octanol–water partition coefficient (Wildman–Crippen LogP) is 5.25. The highest BCUT2D eigenvalue weighted by Gasteiger charge is 2.40. The van der Waals surface area contributed by atoms with Crippen molar-refractivity contribution in [2.24, 2.45) is 0 Å². The number of carbonyl (C=O) groups excluding carboxylic acids is 1. The van der Waals surface area contributed by atoms with Crippen LogP contribution < -0.4 is 15.1 Å². The Hall–Kier alpha value is -4.01. The maximum absolute atomic E-state index is 12.7. The molecular weight excluding hydrogens is 472 g/mol. The van der Waals surface area contributed by atoms with Gasteiger partial charge in [0.05, 0.1) is 18.7 Å². The van der Waals surface area contributed by atoms with Gasteiger partial charge in [-0.25, -0.2) is 4.79 Å². The molecule has 0 spiro atoms. The van der Waals surface area contributed by atoms with Crippen LogP contribution in [0.1, 0.15) is 49.8 Å². The first-order valence-electron chi connectivity index (χ1n) is 12.8. The average Bonchev–Trinajstić information content (AvgIpc) is 3.36. The van der Waals surface area contributed by atoms with E-state index in [9.17, 15) is 9.59 Å². The Morgan fingerprint density at radius 3 is 2.43 bits per heavy atom. The third-order valence-electron chi connectivity index (χ3n) is 7.30. The summed E-state index contributed by atoms with van der Waals surface area (Å²) in [5.41, 5.74) is 3.31. The molecule has 1 amide bonds. The number of benzene rings is 2. The van der Waals surface area contributed by atoms with Gasteiger partial charge in [-0.3, -0.25) is 10.1 Å². The fourth-order valence-corrected chi connectivity index (χ4v) is 5.54. The first-order chi connectivity index (χ1) is 18.0. The van der Waals surface area contributed by atoms with Crippen LogP contribution >= 0.6 is 0 Å². The summed E-state index contributed by atoms with van der Waals surface area (Å²) in [4.78, 5) is 28.4. The third kappa shape index (κ3) is 5.55. The van der Waals surface area contributed by atoms with Crippen molar-refractivity contribution >= 4 is 29.3 Å². The molecule has 3 atom stereocenters. The second kappa shape index (κ2) is 10.9. The highest BCUT2D eigenvalue weighted by molar-refractivity contribution is 5.88. The molecule has 1 saturated heterocycles. The molecule has 0 radical (unpaired) electrons. The summed E-state index contributed by atoms with van der Waals surface area (Å²) in [5, 5.41) is 15.9. The lowest BCUT2D eigenvalue weighted by atomic mass is 9.86. The quantitative estimate of drug-likeness (QED) is 0.449. The summed E-state index contributed by atoms with van der Waals surface area (Å²) in [5.74, 6) is -0.277. The summed E-state index contributed by atoms with van der Waals surface area (Å²) in [6.45, 7) is 3.32. The zero-order chi connectivity index (χ0) is 25.8. The number of piperazine rings is 1. The number of nitrogens with zero attached hydrogens (tertiary/aromatic N) is 3. The number of ether oxygens (including phenoxy) is 1. The van der Waals surface area contributed by atoms with Gasteiger partial charge in [-0.15, -0.1) is 0 Å². The molecule has 9 nitrogen and oxygen atoms in total. The van der Waals surface area contributed by atoms with E-state index in [1.54, 1.807) is 0 Å². The monoisotopic (exact) mass is 504 g/mol. The minimum absolute atomic E-state index is 0.0218. The molecule has 2 fully saturated rings. The highest BCUT2D eigenvalue weighted by atomic mass is 16.6. The van der Waals surface area contributed by atoms with Gasteiger partial charge in [0.1, 0.15) is 11.8 Å². The molecule has 9 heteroatoms. The maximum Gasteiger partial charge on any atom is 0.412 e. The Kier molecular flexibility index (Phi) is 7.30. The molecule has 1 aliphatic carbocycles. The van der Waals surface area contributed by atoms with Crippen LogP contribution in [0, 0.1) is 0 Å². The third-order valence-corrected chi connectivity index (χ3v) is 7.30. The number of carboxylic acid groups (broad SMARTS) is 1. The summed E-state index contributed by atoms with van der Waals surface area (Å²) in [6.07, 6.45) is 4.92. The van der Waals surface area contributed by atoms with Crippen LogP contribution in [-0.4, -0.2) is 47.5 Å². The maximum atomic E-state index is 12.7. The van der Waals surface area contributed by atoms with Gasteiger partial charge in [-0.2, -0.15) is 0 Å². The number of carbonyl (C=O) groups is 2. The van der Waals surface area contributed by atoms with Crippen molar-refractivity contribution in [3.8, 4) is 0 Å². The molecule has 1 aromatic heterocycles. The topological polar surface area (TPSA) is 108 Å². The molecule has 2 aliphatic rings. The molecular formula is C28H32N4O5. The Morgan fingerprint density at radius 1 is 1.05 bits per heavy atom. The molecule has 2 heterocycles. The Balaban J connectivity index is 1.29. The molecule has 1 unspecified atom stereocenters. The van der Waals surface area contributed by atoms with Gasteiger partial charge in [0.2, 0.25) is 0 Å². The SMILES string of the molecule is CC(OC(=O)Nc1cnoc1N1CCN(c2ccc(CC(=O)O)cc2)[C@H]2CCCC[C@@H]21)c1ccccc1. The van der Waals surface area contributed by atoms with Gasteiger partial charge in [0, 0.05) is 24.8 Å². The molecule has 0 bridgehead atoms. The summed E-state index contributed by atoms with van der Waals surface area (Å²) in [6, 6.07) is 17.9. The van der Waals surface area contributed by atoms with Crippen molar-refractivity contribution in [2.75, 3.05) is 28.2 Å². The first kappa shape index (κ1) is 24.7. The number of amides is 1. The van der Waals surface area contributed by atoms with E-state index in [2.05, 4.69) is 20.3 Å². The normalized spacial score (nSPS) is 20.1. The number of fused-ring (bicyclic) bond motifs is 1. The fourth-order valence-electron chi connectivity index (χ4n) is 5.54. The van der Waals surface area contributed by atoms with Gasteiger partial charge in [0.15, 0.2) is 0 Å². The summed E-state index contributed by atoms with van der Waals surface area (Å²) in [7, 11) is 0. The van der Waals surface area contributed by atoms with Gasteiger partial charge in [-0.1, -0.05) is 60.5 Å². The van der Waals surface area contributed by atoms with E-state index in [0.29, 0.717) is 18.1 Å². The first-order valence-corrected chi connectivity index (χ1v) is 12.8. The smallest absolute Gasteiger partial charge is 0.412 e. The number of hydrogen-bond acceptors (Lipinski definition) is 7. The second-order valence-electron chi connectivity index (χ2n) is 9.67. The molecule has 5 rings (SSSR count). The zero-order valence-electron chi connectivity index (χ0n) is 20.9. The van der Waals surface area contributed by atoms with E-state index >= 15 is 0 Å². The van der Waals surface area contributed by atoms with Gasteiger partial charge >= 0.3 is 12.1 Å². The van der Waals surface area contributed by atoms with Crippen LogP contribution in [0.4, 0.5) is 22.1 Å². The van der Waals surface area contributed by atoms with Crippen molar-refractivity contribution in [3.05, 3.63) is 71.9 Å². The lowest BCUT2D eigenvalue weighted by molar-refractivity contribution is -0.136. The van der Waals surface area contributed by atoms with Gasteiger partial charge < -0.3 is 24.2 Å². The van der Waals surface area contributed by atoms with Crippen molar-refractivity contribution in [1.82, 2.24) is 5.16 Å². The van der Waals surface area contributed by atoms with E-state index in [-0.39, 0.29) is 18.5 Å². The molecule has 194 valence electrons. The van der Waals surface area contributed by atoms with E-state index in [1.165, 1.54) is 6.20 Å². The number of rotatable bonds is 7. The average molecular weight is 505 g/mol. The molecule has 3 aromatic rings. The van der Waals surface area contributed by atoms with Gasteiger partial charge in [0.25, 0.3) is 5.88 Å². The summed E-state index contributed by atoms with van der Waals surface area (Å²) < 4.78 is 11.3. The lowest BCUT2D eigenvalue weighted by Crippen LogP contribution is -2.61. The van der Waals surface area contributed by atoms with Crippen LogP contribution in [0.3, 0.4) is 0 Å². The number of aromatic nitrogens is 1. The second-order valence-corrected chi connectivity index (χ2v) is 9.67. The number of aliphatic carboxylic acids is 1. The van der Waals surface area contributed by atoms with Crippen molar-refractivity contribution in [1.29, 1.82) is 0 Å². The molecule has 2 aromatic carbocycles. The zero-order valence-corrected chi connectivity index (χ0v) is 20.9. The number of carboxylic acids is 1. The number of hydrogen-bond donors (Lipinski definition) is 2. The van der Waals surface area contributed by atoms with E-state index in [4.69, 9.17) is 14.4 Å². The van der Waals surface area contributed by atoms with Gasteiger partial charge in [-0.05, 0) is 43.0 Å². The molecule has 37 heavy (non-hydrogen) atoms. The van der Waals surface area contributed by atoms with E-state index in [1.807, 2.05) is 61.5 Å². The summed E-state index contributed by atoms with van der Waals surface area (Å²) >= 11 is 0. The molecule has 1 aliphatic heterocycles. The van der Waals surface area contributed by atoms with Crippen LogP contribution in [-0.2, 0) is 16.0 Å². The Morgan fingerprint density at radius 2 is 1.73 bits per heavy atom. The lowest BCUT2D eigenvalue weighted by Gasteiger charge is -2.50. The van der Waals surface area contributed by atoms with E-state index < -0.39 is 18.2 Å². The van der Waals surface area contributed by atoms with Crippen LogP contribution in [0.5, 0.6) is 0 Å². The number of nitrogens with one attached hydrogen (secondary N) is 1. The van der Waals surface area contributed by atoms with Crippen molar-refractivity contribution in [2.45, 2.75) is 57.2 Å². The van der Waals surface area contributed by atoms with Crippen LogP contribution in [0.25, 0.3) is 0 Å². The Labute approximate surface area is 216 Å². The minimum Gasteiger partial charge on any atom is -0.481 e. The number of anilines is 3. The minimum atomic E-state index is -0.830. The van der Waals surface area contributed by atoms with Crippen molar-refractivity contribution < 1.29 is 24.0 Å². The Bertz CT molecular complexity index is 1210. The highest BCUT2D eigenvalue weighted by Crippen LogP contribution is 2.38. The van der Waals surface area contributed by atoms with Crippen LogP contribution in [0.15, 0.2) is 65.3 Å². The fraction of sp³-hybridized carbons (Fsp3) is 0.393. The van der Waals surface area contributed by atoms with Crippen LogP contribution in [0.2, 0.25) is 0 Å².